The quantitative estimate of drug-likeness (QED) is 0.747. The number of hydrogen-bond acceptors (Lipinski definition) is 2. The lowest BCUT2D eigenvalue weighted by Crippen LogP contribution is -2.48. The molecule has 0 spiro atoms. The van der Waals surface area contributed by atoms with Crippen molar-refractivity contribution < 1.29 is 14.7 Å². The van der Waals surface area contributed by atoms with Gasteiger partial charge in [-0.3, -0.25) is 0 Å². The van der Waals surface area contributed by atoms with Gasteiger partial charge in [0, 0.05) is 19.5 Å². The molecule has 1 rings (SSSR count). The molecule has 5 heteroatoms. The van der Waals surface area contributed by atoms with Crippen LogP contribution in [0.25, 0.3) is 0 Å². The molecule has 0 saturated carbocycles. The lowest BCUT2D eigenvalue weighted by atomic mass is 10.1. The third kappa shape index (κ3) is 4.76. The van der Waals surface area contributed by atoms with Gasteiger partial charge in [-0.1, -0.05) is 36.4 Å². The molecule has 5 nitrogen and oxygen atoms in total. The molecule has 1 aromatic rings. The van der Waals surface area contributed by atoms with Crippen LogP contribution in [0.1, 0.15) is 12.5 Å². The number of likely N-dealkylation sites (N-methyl/N-ethyl adjacent to an activating group) is 1. The van der Waals surface area contributed by atoms with Crippen molar-refractivity contribution in [3.63, 3.8) is 0 Å². The first kappa shape index (κ1) is 15.8. The second kappa shape index (κ2) is 7.99. The fourth-order valence-electron chi connectivity index (χ4n) is 1.80. The van der Waals surface area contributed by atoms with Gasteiger partial charge in [0.2, 0.25) is 0 Å². The molecule has 0 fully saturated rings. The molecule has 0 heterocycles. The molecule has 2 amide bonds. The van der Waals surface area contributed by atoms with Crippen LogP contribution in [0.5, 0.6) is 0 Å². The van der Waals surface area contributed by atoms with E-state index in [1.165, 1.54) is 4.90 Å². The van der Waals surface area contributed by atoms with Gasteiger partial charge in [0.1, 0.15) is 6.04 Å². The lowest BCUT2D eigenvalue weighted by Gasteiger charge is -2.22. The Balaban J connectivity index is 2.70. The first-order valence-electron chi connectivity index (χ1n) is 6.51. The minimum absolute atomic E-state index is 0.257. The summed E-state index contributed by atoms with van der Waals surface area (Å²) in [5, 5.41) is 11.8. The molecule has 1 aromatic carbocycles. The molecule has 0 aromatic heterocycles. The molecular weight excluding hydrogens is 256 g/mol. The highest BCUT2D eigenvalue weighted by molar-refractivity contribution is 5.82. The van der Waals surface area contributed by atoms with Gasteiger partial charge in [-0.15, -0.1) is 6.58 Å². The van der Waals surface area contributed by atoms with Gasteiger partial charge >= 0.3 is 12.0 Å². The Bertz CT molecular complexity index is 459. The highest BCUT2D eigenvalue weighted by Gasteiger charge is 2.22. The molecule has 108 valence electrons. The molecular formula is C15H20N2O3. The van der Waals surface area contributed by atoms with E-state index in [2.05, 4.69) is 11.9 Å². The van der Waals surface area contributed by atoms with Crippen molar-refractivity contribution in [2.45, 2.75) is 19.4 Å². The van der Waals surface area contributed by atoms with Crippen molar-refractivity contribution in [1.82, 2.24) is 10.2 Å². The number of hydrogen-bond donors (Lipinski definition) is 2. The SMILES string of the molecule is C=CCN(CC)C(=O)N[C@H](Cc1ccccc1)C(=O)O. The van der Waals surface area contributed by atoms with Crippen LogP contribution in [-0.4, -0.2) is 41.1 Å². The smallest absolute Gasteiger partial charge is 0.326 e. The van der Waals surface area contributed by atoms with Gasteiger partial charge in [0.15, 0.2) is 0 Å². The summed E-state index contributed by atoms with van der Waals surface area (Å²) in [4.78, 5) is 24.7. The number of urea groups is 1. The van der Waals surface area contributed by atoms with Crippen LogP contribution in [0, 0.1) is 0 Å². The van der Waals surface area contributed by atoms with Crippen LogP contribution in [0.2, 0.25) is 0 Å². The van der Waals surface area contributed by atoms with Crippen LogP contribution >= 0.6 is 0 Å². The first-order valence-corrected chi connectivity index (χ1v) is 6.51. The zero-order valence-electron chi connectivity index (χ0n) is 11.6. The van der Waals surface area contributed by atoms with Gasteiger partial charge in [0.25, 0.3) is 0 Å². The zero-order chi connectivity index (χ0) is 15.0. The van der Waals surface area contributed by atoms with Gasteiger partial charge in [0.05, 0.1) is 0 Å². The zero-order valence-corrected chi connectivity index (χ0v) is 11.6. The first-order chi connectivity index (χ1) is 9.58. The van der Waals surface area contributed by atoms with E-state index in [1.807, 2.05) is 37.3 Å². The van der Waals surface area contributed by atoms with Crippen molar-refractivity contribution in [2.24, 2.45) is 0 Å². The predicted octanol–water partition coefficient (Wildman–Crippen LogP) is 1.90. The molecule has 2 N–H and O–H groups in total. The fourth-order valence-corrected chi connectivity index (χ4v) is 1.80. The average molecular weight is 276 g/mol. The van der Waals surface area contributed by atoms with Crippen LogP contribution in [0.4, 0.5) is 4.79 Å². The summed E-state index contributed by atoms with van der Waals surface area (Å²) in [5.74, 6) is -1.04. The number of carbonyl (C=O) groups excluding carboxylic acids is 1. The minimum Gasteiger partial charge on any atom is -0.480 e. The number of aliphatic carboxylic acids is 1. The van der Waals surface area contributed by atoms with Crippen molar-refractivity contribution in [3.8, 4) is 0 Å². The number of nitrogens with one attached hydrogen (secondary N) is 1. The number of carbonyl (C=O) groups is 2. The average Bonchev–Trinajstić information content (AvgIpc) is 2.44. The van der Waals surface area contributed by atoms with Gasteiger partial charge in [-0.2, -0.15) is 0 Å². The van der Waals surface area contributed by atoms with Crippen molar-refractivity contribution in [1.29, 1.82) is 0 Å². The second-order valence-electron chi connectivity index (χ2n) is 4.36. The molecule has 0 radical (unpaired) electrons. The third-order valence-electron chi connectivity index (χ3n) is 2.90. The highest BCUT2D eigenvalue weighted by atomic mass is 16.4. The van der Waals surface area contributed by atoms with E-state index in [9.17, 15) is 14.7 Å². The Kier molecular flexibility index (Phi) is 6.29. The monoisotopic (exact) mass is 276 g/mol. The molecule has 0 unspecified atom stereocenters. The van der Waals surface area contributed by atoms with E-state index < -0.39 is 18.0 Å². The molecule has 0 aliphatic rings. The molecule has 20 heavy (non-hydrogen) atoms. The van der Waals surface area contributed by atoms with E-state index in [0.717, 1.165) is 5.56 Å². The van der Waals surface area contributed by atoms with E-state index in [1.54, 1.807) is 6.08 Å². The Morgan fingerprint density at radius 1 is 1.40 bits per heavy atom. The summed E-state index contributed by atoms with van der Waals surface area (Å²) in [6, 6.07) is 7.88. The standard InChI is InChI=1S/C15H20N2O3/c1-3-10-17(4-2)15(20)16-13(14(18)19)11-12-8-6-5-7-9-12/h3,5-9,13H,1,4,10-11H2,2H3,(H,16,20)(H,18,19)/t13-/m1/s1. The summed E-state index contributed by atoms with van der Waals surface area (Å²) in [5.41, 5.74) is 0.868. The van der Waals surface area contributed by atoms with E-state index in [-0.39, 0.29) is 6.42 Å². The molecule has 1 atom stereocenters. The summed E-state index contributed by atoms with van der Waals surface area (Å²) < 4.78 is 0. The topological polar surface area (TPSA) is 69.6 Å². The number of carboxylic acids is 1. The van der Waals surface area contributed by atoms with Gasteiger partial charge in [-0.05, 0) is 12.5 Å². The molecule has 0 bridgehead atoms. The van der Waals surface area contributed by atoms with Crippen LogP contribution in [0.15, 0.2) is 43.0 Å². The highest BCUT2D eigenvalue weighted by Crippen LogP contribution is 2.04. The lowest BCUT2D eigenvalue weighted by molar-refractivity contribution is -0.139. The van der Waals surface area contributed by atoms with Gasteiger partial charge in [-0.25, -0.2) is 9.59 Å². The maximum atomic E-state index is 12.0. The maximum Gasteiger partial charge on any atom is 0.326 e. The largest absolute Gasteiger partial charge is 0.480 e. The molecule has 0 aliphatic carbocycles. The summed E-state index contributed by atoms with van der Waals surface area (Å²) >= 11 is 0. The summed E-state index contributed by atoms with van der Waals surface area (Å²) in [6.45, 7) is 6.29. The van der Waals surface area contributed by atoms with E-state index in [0.29, 0.717) is 13.1 Å². The summed E-state index contributed by atoms with van der Waals surface area (Å²) in [6.07, 6.45) is 1.86. The van der Waals surface area contributed by atoms with E-state index >= 15 is 0 Å². The number of carboxylic acid groups (broad SMARTS) is 1. The maximum absolute atomic E-state index is 12.0. The van der Waals surface area contributed by atoms with Gasteiger partial charge < -0.3 is 15.3 Å². The predicted molar refractivity (Wildman–Crippen MR) is 77.5 cm³/mol. The molecule has 0 saturated heterocycles. The van der Waals surface area contributed by atoms with Crippen LogP contribution in [0.3, 0.4) is 0 Å². The number of benzene rings is 1. The normalized spacial score (nSPS) is 11.4. The molecule has 0 aliphatic heterocycles. The number of amides is 2. The minimum atomic E-state index is -1.04. The van der Waals surface area contributed by atoms with E-state index in [4.69, 9.17) is 0 Å². The Hall–Kier alpha value is -2.30. The van der Waals surface area contributed by atoms with Crippen molar-refractivity contribution in [2.75, 3.05) is 13.1 Å². The number of rotatable bonds is 7. The van der Waals surface area contributed by atoms with Crippen molar-refractivity contribution >= 4 is 12.0 Å². The van der Waals surface area contributed by atoms with Crippen LogP contribution < -0.4 is 5.32 Å². The number of nitrogens with zero attached hydrogens (tertiary/aromatic N) is 1. The fraction of sp³-hybridized carbons (Fsp3) is 0.333. The Morgan fingerprint density at radius 2 is 2.05 bits per heavy atom. The third-order valence-corrected chi connectivity index (χ3v) is 2.90. The van der Waals surface area contributed by atoms with Crippen LogP contribution in [-0.2, 0) is 11.2 Å². The summed E-state index contributed by atoms with van der Waals surface area (Å²) in [7, 11) is 0. The van der Waals surface area contributed by atoms with Crippen molar-refractivity contribution in [3.05, 3.63) is 48.6 Å². The Labute approximate surface area is 118 Å². The Morgan fingerprint density at radius 3 is 2.55 bits per heavy atom. The second-order valence-corrected chi connectivity index (χ2v) is 4.36.